The number of rotatable bonds is 7. The molecule has 1 fully saturated rings. The summed E-state index contributed by atoms with van der Waals surface area (Å²) >= 11 is 19.8. The minimum Gasteiger partial charge on any atom is -0.490 e. The number of nitrogens with one attached hydrogen (secondary N) is 1. The van der Waals surface area contributed by atoms with Crippen LogP contribution in [-0.4, -0.2) is 43.1 Å². The summed E-state index contributed by atoms with van der Waals surface area (Å²) in [5.41, 5.74) is 1.03. The van der Waals surface area contributed by atoms with Gasteiger partial charge in [-0.1, -0.05) is 34.8 Å². The smallest absolute Gasteiger partial charge is 0.224 e. The van der Waals surface area contributed by atoms with Gasteiger partial charge in [0.05, 0.1) is 16.5 Å². The minimum atomic E-state index is 0.0394. The van der Waals surface area contributed by atoms with E-state index in [0.717, 1.165) is 53.9 Å². The molecule has 3 aromatic rings. The summed E-state index contributed by atoms with van der Waals surface area (Å²) in [5, 5.41) is 7.88. The third kappa shape index (κ3) is 6.05. The molecule has 4 nitrogen and oxygen atoms in total. The topological polar surface area (TPSA) is 41.6 Å². The van der Waals surface area contributed by atoms with Gasteiger partial charge in [0, 0.05) is 42.0 Å². The summed E-state index contributed by atoms with van der Waals surface area (Å²) in [6.07, 6.45) is 2.42. The van der Waals surface area contributed by atoms with Crippen LogP contribution in [0.3, 0.4) is 0 Å². The molecule has 1 aliphatic heterocycles. The molecule has 2 aromatic carbocycles. The van der Waals surface area contributed by atoms with Gasteiger partial charge in [0.2, 0.25) is 5.91 Å². The highest BCUT2D eigenvalue weighted by Crippen LogP contribution is 2.29. The van der Waals surface area contributed by atoms with Crippen molar-refractivity contribution in [2.24, 2.45) is 0 Å². The molecule has 0 aliphatic carbocycles. The fourth-order valence-electron chi connectivity index (χ4n) is 3.77. The van der Waals surface area contributed by atoms with E-state index in [2.05, 4.69) is 10.2 Å². The van der Waals surface area contributed by atoms with Gasteiger partial charge in [0.1, 0.15) is 11.9 Å². The first-order chi connectivity index (χ1) is 15.0. The van der Waals surface area contributed by atoms with Crippen molar-refractivity contribution in [1.82, 2.24) is 10.2 Å². The molecular weight excluding hydrogens is 475 g/mol. The number of hydrogen-bond donors (Lipinski definition) is 1. The van der Waals surface area contributed by atoms with Gasteiger partial charge in [-0.2, -0.15) is 0 Å². The standard InChI is InChI=1S/C23H23Cl3N2O2S/c24-16-1-4-22-19(12-16)15(14-31-22)11-23(29)27-7-10-28-8-5-17(6-9-28)30-18-2-3-20(25)21(26)13-18/h1-4,12-14,17H,5-11H2,(H,27,29). The van der Waals surface area contributed by atoms with Gasteiger partial charge < -0.3 is 15.0 Å². The van der Waals surface area contributed by atoms with Crippen molar-refractivity contribution in [2.45, 2.75) is 25.4 Å². The molecule has 0 spiro atoms. The Morgan fingerprint density at radius 2 is 1.90 bits per heavy atom. The minimum absolute atomic E-state index is 0.0394. The highest BCUT2D eigenvalue weighted by Gasteiger charge is 2.20. The monoisotopic (exact) mass is 496 g/mol. The predicted molar refractivity (Wildman–Crippen MR) is 130 cm³/mol. The average molecular weight is 498 g/mol. The lowest BCUT2D eigenvalue weighted by Gasteiger charge is -2.32. The molecule has 2 heterocycles. The van der Waals surface area contributed by atoms with E-state index in [-0.39, 0.29) is 12.0 Å². The molecule has 8 heteroatoms. The number of ether oxygens (including phenoxy) is 1. The van der Waals surface area contributed by atoms with Crippen LogP contribution in [0.1, 0.15) is 18.4 Å². The van der Waals surface area contributed by atoms with Crippen LogP contribution >= 0.6 is 46.1 Å². The van der Waals surface area contributed by atoms with E-state index in [1.807, 2.05) is 29.6 Å². The third-order valence-electron chi connectivity index (χ3n) is 5.45. The fourth-order valence-corrected chi connectivity index (χ4v) is 5.18. The van der Waals surface area contributed by atoms with Crippen molar-refractivity contribution in [3.05, 3.63) is 62.4 Å². The van der Waals surface area contributed by atoms with Crippen LogP contribution in [0, 0.1) is 0 Å². The Bertz CT molecular complexity index is 1060. The number of hydrogen-bond acceptors (Lipinski definition) is 4. The number of halogens is 3. The number of piperidine rings is 1. The lowest BCUT2D eigenvalue weighted by molar-refractivity contribution is -0.120. The van der Waals surface area contributed by atoms with Gasteiger partial charge >= 0.3 is 0 Å². The van der Waals surface area contributed by atoms with Crippen molar-refractivity contribution < 1.29 is 9.53 Å². The second kappa shape index (κ2) is 10.4. The van der Waals surface area contributed by atoms with Crippen molar-refractivity contribution in [2.75, 3.05) is 26.2 Å². The summed E-state index contributed by atoms with van der Waals surface area (Å²) in [6.45, 7) is 3.35. The van der Waals surface area contributed by atoms with Crippen molar-refractivity contribution in [3.63, 3.8) is 0 Å². The predicted octanol–water partition coefficient (Wildman–Crippen LogP) is 6.06. The van der Waals surface area contributed by atoms with Crippen LogP contribution in [0.4, 0.5) is 0 Å². The second-order valence-corrected chi connectivity index (χ2v) is 9.82. The number of benzene rings is 2. The van der Waals surface area contributed by atoms with E-state index in [9.17, 15) is 4.79 Å². The molecule has 0 radical (unpaired) electrons. The Morgan fingerprint density at radius 3 is 2.68 bits per heavy atom. The van der Waals surface area contributed by atoms with Gasteiger partial charge in [0.25, 0.3) is 0 Å². The lowest BCUT2D eigenvalue weighted by atomic mass is 10.1. The highest BCUT2D eigenvalue weighted by molar-refractivity contribution is 7.17. The van der Waals surface area contributed by atoms with Crippen LogP contribution in [0.2, 0.25) is 15.1 Å². The molecule has 0 unspecified atom stereocenters. The summed E-state index contributed by atoms with van der Waals surface area (Å²) in [4.78, 5) is 14.7. The first-order valence-corrected chi connectivity index (χ1v) is 12.3. The Kier molecular flexibility index (Phi) is 7.62. The van der Waals surface area contributed by atoms with E-state index in [0.29, 0.717) is 28.0 Å². The maximum Gasteiger partial charge on any atom is 0.224 e. The number of fused-ring (bicyclic) bond motifs is 1. The number of thiophene rings is 1. The zero-order valence-corrected chi connectivity index (χ0v) is 20.0. The van der Waals surface area contributed by atoms with E-state index >= 15 is 0 Å². The molecular formula is C23H23Cl3N2O2S. The first-order valence-electron chi connectivity index (χ1n) is 10.2. The molecule has 0 atom stereocenters. The van der Waals surface area contributed by atoms with Gasteiger partial charge in [-0.15, -0.1) is 11.3 Å². The molecule has 1 aromatic heterocycles. The zero-order valence-electron chi connectivity index (χ0n) is 16.9. The number of nitrogens with zero attached hydrogens (tertiary/aromatic N) is 1. The van der Waals surface area contributed by atoms with E-state index in [4.69, 9.17) is 39.5 Å². The summed E-state index contributed by atoms with van der Waals surface area (Å²) in [7, 11) is 0. The fraction of sp³-hybridized carbons (Fsp3) is 0.348. The number of carbonyl (C=O) groups excluding carboxylic acids is 1. The quantitative estimate of drug-likeness (QED) is 0.431. The van der Waals surface area contributed by atoms with Crippen molar-refractivity contribution >= 4 is 62.1 Å². The zero-order chi connectivity index (χ0) is 21.8. The summed E-state index contributed by atoms with van der Waals surface area (Å²) in [5.74, 6) is 0.792. The second-order valence-electron chi connectivity index (χ2n) is 7.66. The molecule has 1 N–H and O–H groups in total. The van der Waals surface area contributed by atoms with Crippen molar-refractivity contribution in [1.29, 1.82) is 0 Å². The summed E-state index contributed by atoms with van der Waals surface area (Å²) in [6, 6.07) is 11.2. The molecule has 1 amide bonds. The average Bonchev–Trinajstić information content (AvgIpc) is 3.14. The van der Waals surface area contributed by atoms with E-state index in [1.54, 1.807) is 23.5 Å². The Balaban J connectivity index is 1.18. The SMILES string of the molecule is O=C(Cc1csc2ccc(Cl)cc12)NCCN1CCC(Oc2ccc(Cl)c(Cl)c2)CC1. The van der Waals surface area contributed by atoms with Crippen LogP contribution in [0.5, 0.6) is 5.75 Å². The van der Waals surface area contributed by atoms with E-state index < -0.39 is 0 Å². The molecule has 4 rings (SSSR count). The Morgan fingerprint density at radius 1 is 1.10 bits per heavy atom. The molecule has 0 saturated carbocycles. The van der Waals surface area contributed by atoms with Crippen LogP contribution in [0.15, 0.2) is 41.8 Å². The Labute approximate surface area is 201 Å². The van der Waals surface area contributed by atoms with Gasteiger partial charge in [-0.25, -0.2) is 0 Å². The summed E-state index contributed by atoms with van der Waals surface area (Å²) < 4.78 is 7.19. The number of likely N-dealkylation sites (tertiary alicyclic amines) is 1. The lowest BCUT2D eigenvalue weighted by Crippen LogP contribution is -2.42. The maximum absolute atomic E-state index is 12.4. The van der Waals surface area contributed by atoms with Crippen LogP contribution in [0.25, 0.3) is 10.1 Å². The number of carbonyl (C=O) groups is 1. The highest BCUT2D eigenvalue weighted by atomic mass is 35.5. The number of amides is 1. The molecule has 0 bridgehead atoms. The van der Waals surface area contributed by atoms with Gasteiger partial charge in [-0.05, 0) is 59.5 Å². The van der Waals surface area contributed by atoms with Crippen LogP contribution < -0.4 is 10.1 Å². The largest absolute Gasteiger partial charge is 0.490 e. The molecule has 31 heavy (non-hydrogen) atoms. The van der Waals surface area contributed by atoms with Gasteiger partial charge in [-0.3, -0.25) is 4.79 Å². The molecule has 164 valence electrons. The maximum atomic E-state index is 12.4. The van der Waals surface area contributed by atoms with E-state index in [1.165, 1.54) is 0 Å². The Hall–Kier alpha value is -1.50. The molecule has 1 saturated heterocycles. The first kappa shape index (κ1) is 22.7. The van der Waals surface area contributed by atoms with Crippen molar-refractivity contribution in [3.8, 4) is 5.75 Å². The van der Waals surface area contributed by atoms with Gasteiger partial charge in [0.15, 0.2) is 0 Å². The molecule has 1 aliphatic rings. The normalized spacial score (nSPS) is 15.3. The van der Waals surface area contributed by atoms with Crippen LogP contribution in [-0.2, 0) is 11.2 Å². The third-order valence-corrected chi connectivity index (χ3v) is 7.43.